The van der Waals surface area contributed by atoms with Gasteiger partial charge < -0.3 is 4.74 Å². The SMILES string of the molecule is CCOC(=O)Cn1c(C)cnc(Cl)c1=O. The quantitative estimate of drug-likeness (QED) is 0.720. The van der Waals surface area contributed by atoms with Crippen LogP contribution in [0.25, 0.3) is 0 Å². The second-order valence-electron chi connectivity index (χ2n) is 2.89. The van der Waals surface area contributed by atoms with Crippen molar-refractivity contribution in [2.75, 3.05) is 6.61 Å². The Labute approximate surface area is 91.6 Å². The van der Waals surface area contributed by atoms with Crippen molar-refractivity contribution in [1.82, 2.24) is 9.55 Å². The smallest absolute Gasteiger partial charge is 0.326 e. The summed E-state index contributed by atoms with van der Waals surface area (Å²) in [6.45, 7) is 3.52. The van der Waals surface area contributed by atoms with Crippen LogP contribution in [0, 0.1) is 6.92 Å². The number of carbonyl (C=O) groups is 1. The fourth-order valence-electron chi connectivity index (χ4n) is 1.08. The average Bonchev–Trinajstić information content (AvgIpc) is 2.19. The lowest BCUT2D eigenvalue weighted by Gasteiger charge is -2.08. The first kappa shape index (κ1) is 11.7. The minimum atomic E-state index is -0.482. The summed E-state index contributed by atoms with van der Waals surface area (Å²) in [5.41, 5.74) is 0.0853. The number of halogens is 1. The summed E-state index contributed by atoms with van der Waals surface area (Å²) in [6, 6.07) is 0. The van der Waals surface area contributed by atoms with Crippen molar-refractivity contribution < 1.29 is 9.53 Å². The zero-order chi connectivity index (χ0) is 11.4. The van der Waals surface area contributed by atoms with E-state index in [1.54, 1.807) is 13.8 Å². The average molecular weight is 231 g/mol. The molecule has 0 spiro atoms. The van der Waals surface area contributed by atoms with Gasteiger partial charge >= 0.3 is 5.97 Å². The molecule has 0 radical (unpaired) electrons. The molecule has 15 heavy (non-hydrogen) atoms. The molecule has 1 aromatic rings. The number of hydrogen-bond acceptors (Lipinski definition) is 4. The van der Waals surface area contributed by atoms with E-state index >= 15 is 0 Å². The Morgan fingerprint density at radius 3 is 2.93 bits per heavy atom. The lowest BCUT2D eigenvalue weighted by molar-refractivity contribution is -0.143. The number of nitrogens with zero attached hydrogens (tertiary/aromatic N) is 2. The molecule has 0 bridgehead atoms. The van der Waals surface area contributed by atoms with E-state index in [0.29, 0.717) is 5.69 Å². The van der Waals surface area contributed by atoms with E-state index in [9.17, 15) is 9.59 Å². The Bertz CT molecular complexity index is 428. The highest BCUT2D eigenvalue weighted by Crippen LogP contribution is 1.99. The molecule has 82 valence electrons. The molecule has 0 fully saturated rings. The minimum absolute atomic E-state index is 0.138. The van der Waals surface area contributed by atoms with Crippen molar-refractivity contribution in [3.8, 4) is 0 Å². The summed E-state index contributed by atoms with van der Waals surface area (Å²) in [6.07, 6.45) is 1.43. The largest absolute Gasteiger partial charge is 0.465 e. The van der Waals surface area contributed by atoms with Crippen LogP contribution in [0.4, 0.5) is 0 Å². The summed E-state index contributed by atoms with van der Waals surface area (Å²) < 4.78 is 5.96. The molecule has 0 aliphatic heterocycles. The van der Waals surface area contributed by atoms with Crippen molar-refractivity contribution in [2.45, 2.75) is 20.4 Å². The van der Waals surface area contributed by atoms with Gasteiger partial charge in [-0.3, -0.25) is 14.2 Å². The van der Waals surface area contributed by atoms with E-state index in [2.05, 4.69) is 4.98 Å². The molecule has 0 N–H and O–H groups in total. The van der Waals surface area contributed by atoms with Gasteiger partial charge in [0.2, 0.25) is 0 Å². The molecule has 0 aliphatic rings. The van der Waals surface area contributed by atoms with Gasteiger partial charge in [0.25, 0.3) is 5.56 Å². The van der Waals surface area contributed by atoms with Crippen molar-refractivity contribution in [3.05, 3.63) is 27.4 Å². The van der Waals surface area contributed by atoms with E-state index in [1.807, 2.05) is 0 Å². The van der Waals surface area contributed by atoms with Gasteiger partial charge in [-0.1, -0.05) is 11.6 Å². The van der Waals surface area contributed by atoms with Gasteiger partial charge in [0, 0.05) is 11.9 Å². The molecule has 0 saturated carbocycles. The molecule has 6 heteroatoms. The molecule has 0 amide bonds. The number of esters is 1. The van der Waals surface area contributed by atoms with Gasteiger partial charge in [-0.2, -0.15) is 0 Å². The van der Waals surface area contributed by atoms with Gasteiger partial charge in [0.1, 0.15) is 6.54 Å². The van der Waals surface area contributed by atoms with Crippen LogP contribution < -0.4 is 5.56 Å². The van der Waals surface area contributed by atoms with Gasteiger partial charge in [-0.15, -0.1) is 0 Å². The summed E-state index contributed by atoms with van der Waals surface area (Å²) in [5.74, 6) is -0.468. The maximum Gasteiger partial charge on any atom is 0.326 e. The highest BCUT2D eigenvalue weighted by molar-refractivity contribution is 6.29. The van der Waals surface area contributed by atoms with E-state index in [0.717, 1.165) is 0 Å². The number of carbonyl (C=O) groups excluding carboxylic acids is 1. The number of aromatic nitrogens is 2. The normalized spacial score (nSPS) is 10.1. The van der Waals surface area contributed by atoms with Gasteiger partial charge in [0.15, 0.2) is 5.15 Å². The zero-order valence-corrected chi connectivity index (χ0v) is 9.24. The number of aryl methyl sites for hydroxylation is 1. The Morgan fingerprint density at radius 2 is 2.33 bits per heavy atom. The maximum atomic E-state index is 11.5. The van der Waals surface area contributed by atoms with Gasteiger partial charge in [0.05, 0.1) is 6.61 Å². The topological polar surface area (TPSA) is 61.2 Å². The van der Waals surface area contributed by atoms with E-state index < -0.39 is 11.5 Å². The standard InChI is InChI=1S/C9H11ClN2O3/c1-3-15-7(13)5-12-6(2)4-11-8(10)9(12)14/h4H,3,5H2,1-2H3. The highest BCUT2D eigenvalue weighted by Gasteiger charge is 2.10. The Balaban J connectivity index is 2.99. The van der Waals surface area contributed by atoms with Crippen LogP contribution >= 0.6 is 11.6 Å². The summed E-state index contributed by atoms with van der Waals surface area (Å²) in [7, 11) is 0. The van der Waals surface area contributed by atoms with Crippen molar-refractivity contribution in [1.29, 1.82) is 0 Å². The minimum Gasteiger partial charge on any atom is -0.465 e. The van der Waals surface area contributed by atoms with E-state index in [-0.39, 0.29) is 18.3 Å². The van der Waals surface area contributed by atoms with E-state index in [1.165, 1.54) is 10.8 Å². The third-order valence-corrected chi connectivity index (χ3v) is 2.06. The number of rotatable bonds is 3. The Kier molecular flexibility index (Phi) is 3.85. The fraction of sp³-hybridized carbons (Fsp3) is 0.444. The first-order chi connectivity index (χ1) is 7.06. The zero-order valence-electron chi connectivity index (χ0n) is 8.49. The predicted octanol–water partition coefficient (Wildman–Crippen LogP) is 0.768. The van der Waals surface area contributed by atoms with Gasteiger partial charge in [-0.05, 0) is 13.8 Å². The second-order valence-corrected chi connectivity index (χ2v) is 3.24. The Hall–Kier alpha value is -1.36. The van der Waals surface area contributed by atoms with Crippen LogP contribution in [0.3, 0.4) is 0 Å². The highest BCUT2D eigenvalue weighted by atomic mass is 35.5. The number of hydrogen-bond donors (Lipinski definition) is 0. The molecular weight excluding hydrogens is 220 g/mol. The molecule has 5 nitrogen and oxygen atoms in total. The molecule has 1 rings (SSSR count). The molecular formula is C9H11ClN2O3. The molecule has 0 aliphatic carbocycles. The second kappa shape index (κ2) is 4.93. The lowest BCUT2D eigenvalue weighted by Crippen LogP contribution is -2.28. The van der Waals surface area contributed by atoms with Crippen molar-refractivity contribution >= 4 is 17.6 Å². The first-order valence-electron chi connectivity index (χ1n) is 4.43. The monoisotopic (exact) mass is 230 g/mol. The van der Waals surface area contributed by atoms with Crippen LogP contribution in [-0.4, -0.2) is 22.1 Å². The fourth-order valence-corrected chi connectivity index (χ4v) is 1.23. The third kappa shape index (κ3) is 2.79. The molecule has 0 atom stereocenters. The van der Waals surface area contributed by atoms with E-state index in [4.69, 9.17) is 16.3 Å². The lowest BCUT2D eigenvalue weighted by atomic mass is 10.4. The number of ether oxygens (including phenoxy) is 1. The Morgan fingerprint density at radius 1 is 1.67 bits per heavy atom. The molecule has 0 saturated heterocycles. The van der Waals surface area contributed by atoms with Crippen LogP contribution in [0.2, 0.25) is 5.15 Å². The molecule has 1 aromatic heterocycles. The summed E-state index contributed by atoms with van der Waals surface area (Å²) in [4.78, 5) is 26.3. The van der Waals surface area contributed by atoms with Crippen LogP contribution in [0.1, 0.15) is 12.6 Å². The molecule has 0 aromatic carbocycles. The predicted molar refractivity (Wildman–Crippen MR) is 54.9 cm³/mol. The van der Waals surface area contributed by atoms with Crippen LogP contribution in [0.5, 0.6) is 0 Å². The molecule has 0 unspecified atom stereocenters. The van der Waals surface area contributed by atoms with Gasteiger partial charge in [-0.25, -0.2) is 4.98 Å². The first-order valence-corrected chi connectivity index (χ1v) is 4.81. The third-order valence-electron chi connectivity index (χ3n) is 1.80. The van der Waals surface area contributed by atoms with Crippen LogP contribution in [-0.2, 0) is 16.1 Å². The summed E-state index contributed by atoms with van der Waals surface area (Å²) in [5, 5.41) is -0.148. The molecule has 1 heterocycles. The van der Waals surface area contributed by atoms with Crippen molar-refractivity contribution in [3.63, 3.8) is 0 Å². The maximum absolute atomic E-state index is 11.5. The summed E-state index contributed by atoms with van der Waals surface area (Å²) >= 11 is 5.55. The van der Waals surface area contributed by atoms with Crippen LogP contribution in [0.15, 0.2) is 11.0 Å². The van der Waals surface area contributed by atoms with Crippen molar-refractivity contribution in [2.24, 2.45) is 0 Å².